The molecule has 2 rings (SSSR count). The summed E-state index contributed by atoms with van der Waals surface area (Å²) in [6, 6.07) is 3.60. The van der Waals surface area contributed by atoms with Crippen LogP contribution in [0.2, 0.25) is 0 Å². The molecule has 0 bridgehead atoms. The van der Waals surface area contributed by atoms with Crippen LogP contribution in [0.4, 0.5) is 0 Å². The molecule has 0 saturated carbocycles. The predicted molar refractivity (Wildman–Crippen MR) is 80.0 cm³/mol. The second-order valence-electron chi connectivity index (χ2n) is 5.00. The van der Waals surface area contributed by atoms with Crippen LogP contribution in [0.3, 0.4) is 0 Å². The molecule has 6 nitrogen and oxygen atoms in total. The van der Waals surface area contributed by atoms with Crippen LogP contribution in [0.15, 0.2) is 12.1 Å². The lowest BCUT2D eigenvalue weighted by molar-refractivity contribution is 0.346. The molecule has 1 heterocycles. The first-order chi connectivity index (χ1) is 9.99. The fourth-order valence-corrected chi connectivity index (χ4v) is 4.15. The largest absolute Gasteiger partial charge is 0.496 e. The van der Waals surface area contributed by atoms with Crippen LogP contribution in [0.5, 0.6) is 17.2 Å². The Morgan fingerprint density at radius 2 is 1.71 bits per heavy atom. The fraction of sp³-hybridized carbons (Fsp3) is 0.571. The maximum absolute atomic E-state index is 11.5. The van der Waals surface area contributed by atoms with Crippen molar-refractivity contribution in [2.45, 2.75) is 19.0 Å². The van der Waals surface area contributed by atoms with Crippen molar-refractivity contribution in [3.63, 3.8) is 0 Å². The second-order valence-corrected chi connectivity index (χ2v) is 7.23. The lowest BCUT2D eigenvalue weighted by Crippen LogP contribution is -2.29. The Labute approximate surface area is 125 Å². The molecule has 1 N–H and O–H groups in total. The van der Waals surface area contributed by atoms with E-state index in [4.69, 9.17) is 14.2 Å². The molecule has 1 aromatic carbocycles. The predicted octanol–water partition coefficient (Wildman–Crippen LogP) is 0.989. The van der Waals surface area contributed by atoms with Gasteiger partial charge in [-0.1, -0.05) is 0 Å². The molecule has 0 spiro atoms. The van der Waals surface area contributed by atoms with Crippen LogP contribution < -0.4 is 19.5 Å². The van der Waals surface area contributed by atoms with Crippen molar-refractivity contribution >= 4 is 9.84 Å². The highest BCUT2D eigenvalue weighted by molar-refractivity contribution is 7.91. The Morgan fingerprint density at radius 3 is 2.24 bits per heavy atom. The van der Waals surface area contributed by atoms with E-state index in [1.54, 1.807) is 27.4 Å². The van der Waals surface area contributed by atoms with Gasteiger partial charge in [0, 0.05) is 24.2 Å². The molecule has 1 atom stereocenters. The number of nitrogens with one attached hydrogen (secondary N) is 1. The molecule has 7 heteroatoms. The van der Waals surface area contributed by atoms with E-state index in [1.807, 2.05) is 6.07 Å². The van der Waals surface area contributed by atoms with Gasteiger partial charge >= 0.3 is 0 Å². The van der Waals surface area contributed by atoms with E-state index in [-0.39, 0.29) is 17.5 Å². The third-order valence-corrected chi connectivity index (χ3v) is 5.37. The van der Waals surface area contributed by atoms with Crippen molar-refractivity contribution in [3.8, 4) is 17.2 Å². The van der Waals surface area contributed by atoms with Gasteiger partial charge in [-0.05, 0) is 12.5 Å². The zero-order chi connectivity index (χ0) is 15.5. The van der Waals surface area contributed by atoms with Crippen LogP contribution in [-0.4, -0.2) is 47.3 Å². The summed E-state index contributed by atoms with van der Waals surface area (Å²) in [4.78, 5) is 0. The SMILES string of the molecule is COc1cc(OC)c(OC)cc1CNC1CCS(=O)(=O)C1. The van der Waals surface area contributed by atoms with Gasteiger partial charge in [0.25, 0.3) is 0 Å². The van der Waals surface area contributed by atoms with Gasteiger partial charge in [0.1, 0.15) is 5.75 Å². The van der Waals surface area contributed by atoms with Gasteiger partial charge in [-0.3, -0.25) is 0 Å². The molecule has 1 aromatic rings. The van der Waals surface area contributed by atoms with E-state index >= 15 is 0 Å². The van der Waals surface area contributed by atoms with Gasteiger partial charge in [0.15, 0.2) is 21.3 Å². The summed E-state index contributed by atoms with van der Waals surface area (Å²) >= 11 is 0. The summed E-state index contributed by atoms with van der Waals surface area (Å²) in [6.45, 7) is 0.518. The summed E-state index contributed by atoms with van der Waals surface area (Å²) in [7, 11) is 1.85. The molecule has 0 aromatic heterocycles. The Bertz CT molecular complexity index is 600. The standard InChI is InChI=1S/C14H21NO5S/c1-18-12-7-14(20-3)13(19-2)6-10(12)8-15-11-4-5-21(16,17)9-11/h6-7,11,15H,4-5,8-9H2,1-3H3. The van der Waals surface area contributed by atoms with E-state index in [0.29, 0.717) is 30.2 Å². The Kier molecular flexibility index (Phi) is 4.95. The van der Waals surface area contributed by atoms with Crippen molar-refractivity contribution in [2.24, 2.45) is 0 Å². The minimum atomic E-state index is -2.88. The van der Waals surface area contributed by atoms with Crippen molar-refractivity contribution in [1.29, 1.82) is 0 Å². The van der Waals surface area contributed by atoms with Crippen LogP contribution in [0, 0.1) is 0 Å². The number of methoxy groups -OCH3 is 3. The van der Waals surface area contributed by atoms with E-state index in [0.717, 1.165) is 5.56 Å². The maximum Gasteiger partial charge on any atom is 0.164 e. The first-order valence-electron chi connectivity index (χ1n) is 6.71. The summed E-state index contributed by atoms with van der Waals surface area (Å²) in [5, 5.41) is 3.26. The quantitative estimate of drug-likeness (QED) is 0.844. The van der Waals surface area contributed by atoms with E-state index < -0.39 is 9.84 Å². The number of hydrogen-bond donors (Lipinski definition) is 1. The van der Waals surface area contributed by atoms with Gasteiger partial charge in [-0.25, -0.2) is 8.42 Å². The topological polar surface area (TPSA) is 73.9 Å². The van der Waals surface area contributed by atoms with Gasteiger partial charge in [0.05, 0.1) is 32.8 Å². The lowest BCUT2D eigenvalue weighted by Gasteiger charge is -2.16. The van der Waals surface area contributed by atoms with Gasteiger partial charge in [-0.2, -0.15) is 0 Å². The first kappa shape index (κ1) is 15.9. The molecular formula is C14H21NO5S. The molecule has 1 aliphatic heterocycles. The van der Waals surface area contributed by atoms with Gasteiger partial charge in [0.2, 0.25) is 0 Å². The van der Waals surface area contributed by atoms with Crippen LogP contribution in [0.25, 0.3) is 0 Å². The summed E-state index contributed by atoms with van der Waals surface area (Å²) < 4.78 is 38.8. The molecule has 0 amide bonds. The van der Waals surface area contributed by atoms with Crippen molar-refractivity contribution in [2.75, 3.05) is 32.8 Å². The zero-order valence-corrected chi connectivity index (χ0v) is 13.3. The molecule has 1 unspecified atom stereocenters. The smallest absolute Gasteiger partial charge is 0.164 e. The molecule has 1 fully saturated rings. The zero-order valence-electron chi connectivity index (χ0n) is 12.5. The normalized spacial score (nSPS) is 20.2. The number of hydrogen-bond acceptors (Lipinski definition) is 6. The molecule has 1 saturated heterocycles. The molecular weight excluding hydrogens is 294 g/mol. The molecule has 1 aliphatic rings. The number of ether oxygens (including phenoxy) is 3. The van der Waals surface area contributed by atoms with Crippen LogP contribution in [-0.2, 0) is 16.4 Å². The van der Waals surface area contributed by atoms with Crippen LogP contribution in [0.1, 0.15) is 12.0 Å². The maximum atomic E-state index is 11.5. The highest BCUT2D eigenvalue weighted by Crippen LogP contribution is 2.34. The van der Waals surface area contributed by atoms with Gasteiger partial charge in [-0.15, -0.1) is 0 Å². The Morgan fingerprint density at radius 1 is 1.10 bits per heavy atom. The van der Waals surface area contributed by atoms with Crippen molar-refractivity contribution in [3.05, 3.63) is 17.7 Å². The lowest BCUT2D eigenvalue weighted by atomic mass is 10.1. The van der Waals surface area contributed by atoms with Crippen LogP contribution >= 0.6 is 0 Å². The summed E-state index contributed by atoms with van der Waals surface area (Å²) in [6.07, 6.45) is 0.651. The third kappa shape index (κ3) is 3.79. The third-order valence-electron chi connectivity index (χ3n) is 3.60. The van der Waals surface area contributed by atoms with Crippen molar-refractivity contribution < 1.29 is 22.6 Å². The average Bonchev–Trinajstić information content (AvgIpc) is 2.83. The first-order valence-corrected chi connectivity index (χ1v) is 8.54. The Hall–Kier alpha value is -1.47. The minimum absolute atomic E-state index is 0.00666. The number of sulfone groups is 1. The highest BCUT2D eigenvalue weighted by Gasteiger charge is 2.27. The Balaban J connectivity index is 2.12. The minimum Gasteiger partial charge on any atom is -0.496 e. The van der Waals surface area contributed by atoms with Gasteiger partial charge < -0.3 is 19.5 Å². The fourth-order valence-electron chi connectivity index (χ4n) is 2.44. The molecule has 118 valence electrons. The highest BCUT2D eigenvalue weighted by atomic mass is 32.2. The summed E-state index contributed by atoms with van der Waals surface area (Å²) in [5.41, 5.74) is 0.902. The summed E-state index contributed by atoms with van der Waals surface area (Å²) in [5.74, 6) is 2.35. The monoisotopic (exact) mass is 315 g/mol. The molecule has 0 aliphatic carbocycles. The van der Waals surface area contributed by atoms with E-state index in [9.17, 15) is 8.42 Å². The molecule has 21 heavy (non-hydrogen) atoms. The second kappa shape index (κ2) is 6.53. The van der Waals surface area contributed by atoms with Crippen molar-refractivity contribution in [1.82, 2.24) is 5.32 Å². The van der Waals surface area contributed by atoms with E-state index in [1.165, 1.54) is 0 Å². The van der Waals surface area contributed by atoms with E-state index in [2.05, 4.69) is 5.32 Å². The molecule has 0 radical (unpaired) electrons. The number of rotatable bonds is 6. The average molecular weight is 315 g/mol. The number of benzene rings is 1.